The van der Waals surface area contributed by atoms with Crippen LogP contribution in [0, 0.1) is 0 Å². The van der Waals surface area contributed by atoms with Crippen molar-refractivity contribution in [1.82, 2.24) is 4.90 Å². The van der Waals surface area contributed by atoms with E-state index >= 15 is 0 Å². The molecule has 1 rings (SSSR count). The van der Waals surface area contributed by atoms with Gasteiger partial charge in [-0.05, 0) is 0 Å². The number of rotatable bonds is 5. The van der Waals surface area contributed by atoms with Crippen LogP contribution in [0.5, 0.6) is 0 Å². The number of nitrogens with zero attached hydrogens (tertiary/aromatic N) is 1. The molecular weight excluding hydrogens is 200 g/mol. The van der Waals surface area contributed by atoms with E-state index in [1.54, 1.807) is 11.8 Å². The zero-order chi connectivity index (χ0) is 10.2. The highest BCUT2D eigenvalue weighted by Crippen LogP contribution is 2.05. The van der Waals surface area contributed by atoms with Crippen molar-refractivity contribution in [3.63, 3.8) is 0 Å². The third-order valence-corrected chi connectivity index (χ3v) is 3.10. The van der Waals surface area contributed by atoms with Crippen molar-refractivity contribution in [3.8, 4) is 0 Å². The largest absolute Gasteiger partial charge is 0.378 e. The number of morpholine rings is 1. The van der Waals surface area contributed by atoms with Gasteiger partial charge in [0.15, 0.2) is 0 Å². The lowest BCUT2D eigenvalue weighted by atomic mass is 10.3. The third kappa shape index (κ3) is 4.30. The Bertz CT molecular complexity index is 172. The standard InChI is InChI=1S/C9H18N2O2S/c10-2-8-14-7-1-9(12)11-3-5-13-6-4-11/h1-8,10H2. The summed E-state index contributed by atoms with van der Waals surface area (Å²) in [4.78, 5) is 13.5. The van der Waals surface area contributed by atoms with Crippen LogP contribution in [0.4, 0.5) is 0 Å². The van der Waals surface area contributed by atoms with Crippen LogP contribution < -0.4 is 5.73 Å². The van der Waals surface area contributed by atoms with Crippen molar-refractivity contribution in [2.24, 2.45) is 5.73 Å². The average molecular weight is 218 g/mol. The molecule has 1 amide bonds. The number of ether oxygens (including phenoxy) is 1. The van der Waals surface area contributed by atoms with Crippen molar-refractivity contribution in [1.29, 1.82) is 0 Å². The number of thioether (sulfide) groups is 1. The fraction of sp³-hybridized carbons (Fsp3) is 0.889. The van der Waals surface area contributed by atoms with Crippen LogP contribution in [0.25, 0.3) is 0 Å². The van der Waals surface area contributed by atoms with Crippen LogP contribution in [0.1, 0.15) is 6.42 Å². The highest BCUT2D eigenvalue weighted by molar-refractivity contribution is 7.99. The van der Waals surface area contributed by atoms with Crippen molar-refractivity contribution in [2.75, 3.05) is 44.4 Å². The van der Waals surface area contributed by atoms with E-state index in [1.165, 1.54) is 0 Å². The molecule has 0 atom stereocenters. The fourth-order valence-electron chi connectivity index (χ4n) is 1.32. The Balaban J connectivity index is 2.07. The first kappa shape index (κ1) is 11.8. The Kier molecular flexibility index (Phi) is 5.98. The molecule has 4 nitrogen and oxygen atoms in total. The molecule has 0 bridgehead atoms. The van der Waals surface area contributed by atoms with Crippen LogP contribution in [0.3, 0.4) is 0 Å². The Morgan fingerprint density at radius 3 is 2.71 bits per heavy atom. The molecule has 1 saturated heterocycles. The second-order valence-electron chi connectivity index (χ2n) is 3.14. The van der Waals surface area contributed by atoms with E-state index in [0.29, 0.717) is 26.2 Å². The predicted octanol–water partition coefficient (Wildman–Crippen LogP) is -0.0728. The zero-order valence-corrected chi connectivity index (χ0v) is 9.22. The summed E-state index contributed by atoms with van der Waals surface area (Å²) in [5.74, 6) is 2.07. The van der Waals surface area contributed by atoms with Gasteiger partial charge in [0.25, 0.3) is 0 Å². The molecule has 0 aromatic rings. The van der Waals surface area contributed by atoms with Crippen LogP contribution in [-0.4, -0.2) is 55.2 Å². The number of hydrogen-bond acceptors (Lipinski definition) is 4. The van der Waals surface area contributed by atoms with Gasteiger partial charge < -0.3 is 15.4 Å². The van der Waals surface area contributed by atoms with Gasteiger partial charge in [0.1, 0.15) is 0 Å². The maximum absolute atomic E-state index is 11.6. The van der Waals surface area contributed by atoms with Gasteiger partial charge in [-0.1, -0.05) is 0 Å². The van der Waals surface area contributed by atoms with E-state index < -0.39 is 0 Å². The number of nitrogens with two attached hydrogens (primary N) is 1. The molecule has 2 N–H and O–H groups in total. The van der Waals surface area contributed by atoms with Crippen molar-refractivity contribution in [3.05, 3.63) is 0 Å². The summed E-state index contributed by atoms with van der Waals surface area (Å²) in [7, 11) is 0. The lowest BCUT2D eigenvalue weighted by Gasteiger charge is -2.26. The molecule has 1 heterocycles. The van der Waals surface area contributed by atoms with Gasteiger partial charge in [-0.15, -0.1) is 0 Å². The summed E-state index contributed by atoms with van der Waals surface area (Å²) in [6, 6.07) is 0. The Labute approximate surface area is 89.2 Å². The van der Waals surface area contributed by atoms with Gasteiger partial charge in [0.05, 0.1) is 13.2 Å². The smallest absolute Gasteiger partial charge is 0.223 e. The topological polar surface area (TPSA) is 55.6 Å². The first-order valence-electron chi connectivity index (χ1n) is 4.98. The second-order valence-corrected chi connectivity index (χ2v) is 4.37. The van der Waals surface area contributed by atoms with Gasteiger partial charge in [-0.2, -0.15) is 11.8 Å². The summed E-state index contributed by atoms with van der Waals surface area (Å²) in [6.07, 6.45) is 0.630. The SMILES string of the molecule is NCCSCCC(=O)N1CCOCC1. The molecule has 1 fully saturated rings. The van der Waals surface area contributed by atoms with Gasteiger partial charge in [-0.25, -0.2) is 0 Å². The van der Waals surface area contributed by atoms with Gasteiger partial charge in [-0.3, -0.25) is 4.79 Å². The lowest BCUT2D eigenvalue weighted by molar-refractivity contribution is -0.134. The molecule has 0 unspecified atom stereocenters. The van der Waals surface area contributed by atoms with E-state index in [4.69, 9.17) is 10.5 Å². The van der Waals surface area contributed by atoms with E-state index in [9.17, 15) is 4.79 Å². The maximum atomic E-state index is 11.6. The molecule has 1 aliphatic rings. The quantitative estimate of drug-likeness (QED) is 0.656. The van der Waals surface area contributed by atoms with Crippen molar-refractivity contribution < 1.29 is 9.53 Å². The van der Waals surface area contributed by atoms with Gasteiger partial charge in [0, 0.05) is 37.6 Å². The average Bonchev–Trinajstić information content (AvgIpc) is 2.25. The zero-order valence-electron chi connectivity index (χ0n) is 8.41. The summed E-state index contributed by atoms with van der Waals surface area (Å²) in [6.45, 7) is 3.56. The minimum Gasteiger partial charge on any atom is -0.378 e. The Hall–Kier alpha value is -0.260. The maximum Gasteiger partial charge on any atom is 0.223 e. The van der Waals surface area contributed by atoms with Crippen LogP contribution >= 0.6 is 11.8 Å². The molecule has 0 aromatic carbocycles. The molecule has 0 saturated carbocycles. The molecule has 0 aliphatic carbocycles. The van der Waals surface area contributed by atoms with E-state index in [-0.39, 0.29) is 5.91 Å². The van der Waals surface area contributed by atoms with E-state index in [2.05, 4.69) is 0 Å². The molecule has 5 heteroatoms. The minimum absolute atomic E-state index is 0.248. The molecule has 82 valence electrons. The number of hydrogen-bond donors (Lipinski definition) is 1. The Morgan fingerprint density at radius 2 is 2.07 bits per heavy atom. The lowest BCUT2D eigenvalue weighted by Crippen LogP contribution is -2.40. The van der Waals surface area contributed by atoms with Crippen LogP contribution in [-0.2, 0) is 9.53 Å². The molecular formula is C9H18N2O2S. The first-order chi connectivity index (χ1) is 6.84. The molecule has 1 aliphatic heterocycles. The minimum atomic E-state index is 0.248. The van der Waals surface area contributed by atoms with Crippen molar-refractivity contribution >= 4 is 17.7 Å². The molecule has 0 spiro atoms. The van der Waals surface area contributed by atoms with Crippen LogP contribution in [0.15, 0.2) is 0 Å². The number of carbonyl (C=O) groups excluding carboxylic acids is 1. The summed E-state index contributed by atoms with van der Waals surface area (Å²) in [5.41, 5.74) is 5.36. The first-order valence-corrected chi connectivity index (χ1v) is 6.13. The predicted molar refractivity (Wildman–Crippen MR) is 58.4 cm³/mol. The van der Waals surface area contributed by atoms with Gasteiger partial charge >= 0.3 is 0 Å². The second kappa shape index (κ2) is 7.09. The monoisotopic (exact) mass is 218 g/mol. The Morgan fingerprint density at radius 1 is 1.36 bits per heavy atom. The van der Waals surface area contributed by atoms with E-state index in [1.807, 2.05) is 4.90 Å². The third-order valence-electron chi connectivity index (χ3n) is 2.09. The summed E-state index contributed by atoms with van der Waals surface area (Å²) >= 11 is 1.74. The van der Waals surface area contributed by atoms with Crippen molar-refractivity contribution in [2.45, 2.75) is 6.42 Å². The molecule has 0 radical (unpaired) electrons. The highest BCUT2D eigenvalue weighted by atomic mass is 32.2. The molecule has 14 heavy (non-hydrogen) atoms. The van der Waals surface area contributed by atoms with Crippen LogP contribution in [0.2, 0.25) is 0 Å². The molecule has 0 aromatic heterocycles. The van der Waals surface area contributed by atoms with E-state index in [0.717, 1.165) is 24.6 Å². The van der Waals surface area contributed by atoms with Gasteiger partial charge in [0.2, 0.25) is 5.91 Å². The number of amides is 1. The fourth-order valence-corrected chi connectivity index (χ4v) is 2.01. The highest BCUT2D eigenvalue weighted by Gasteiger charge is 2.15. The normalized spacial score (nSPS) is 17.1. The summed E-state index contributed by atoms with van der Waals surface area (Å²) in [5, 5.41) is 0. The number of carbonyl (C=O) groups is 1. The summed E-state index contributed by atoms with van der Waals surface area (Å²) < 4.78 is 5.18.